The minimum atomic E-state index is 0.676. The van der Waals surface area contributed by atoms with Crippen LogP contribution in [-0.4, -0.2) is 13.5 Å². The van der Waals surface area contributed by atoms with Crippen molar-refractivity contribution in [3.05, 3.63) is 23.8 Å². The zero-order valence-corrected chi connectivity index (χ0v) is 9.22. The smallest absolute Gasteiger partial charge is 0.211 e. The lowest BCUT2D eigenvalue weighted by molar-refractivity contribution is -0.105. The number of para-hydroxylation sites is 1. The molecule has 2 N–H and O–H groups in total. The summed E-state index contributed by atoms with van der Waals surface area (Å²) in [6.45, 7) is 5.99. The van der Waals surface area contributed by atoms with Crippen molar-refractivity contribution in [3.8, 4) is 0 Å². The number of carbonyl (C=O) groups is 1. The largest absolute Gasteiger partial charge is 0.386 e. The molecule has 0 radical (unpaired) electrons. The van der Waals surface area contributed by atoms with E-state index in [-0.39, 0.29) is 0 Å². The molecule has 0 spiro atoms. The van der Waals surface area contributed by atoms with Crippen molar-refractivity contribution < 1.29 is 4.79 Å². The molecule has 0 fully saturated rings. The zero-order chi connectivity index (χ0) is 11.0. The third-order valence-electron chi connectivity index (χ3n) is 1.74. The van der Waals surface area contributed by atoms with E-state index in [0.29, 0.717) is 6.41 Å². The highest BCUT2D eigenvalue weighted by Gasteiger charge is 2.00. The van der Waals surface area contributed by atoms with Gasteiger partial charge >= 0.3 is 0 Å². The number of aryl methyl sites for hydroxylation is 1. The molecular formula is C11H18N2O. The van der Waals surface area contributed by atoms with Crippen molar-refractivity contribution >= 4 is 17.8 Å². The van der Waals surface area contributed by atoms with Crippen LogP contribution in [0, 0.1) is 6.92 Å². The maximum atomic E-state index is 10.2. The number of rotatable bonds is 3. The molecule has 0 aliphatic heterocycles. The van der Waals surface area contributed by atoms with E-state index in [0.717, 1.165) is 16.9 Å². The van der Waals surface area contributed by atoms with Crippen LogP contribution in [0.4, 0.5) is 11.4 Å². The Bertz CT molecular complexity index is 285. The zero-order valence-electron chi connectivity index (χ0n) is 9.22. The predicted octanol–water partition coefficient (Wildman–Crippen LogP) is 2.63. The van der Waals surface area contributed by atoms with Gasteiger partial charge in [0.1, 0.15) is 0 Å². The van der Waals surface area contributed by atoms with Gasteiger partial charge in [-0.25, -0.2) is 0 Å². The van der Waals surface area contributed by atoms with E-state index < -0.39 is 0 Å². The van der Waals surface area contributed by atoms with E-state index in [1.807, 2.05) is 46.0 Å². The van der Waals surface area contributed by atoms with Crippen molar-refractivity contribution in [2.45, 2.75) is 20.8 Å². The van der Waals surface area contributed by atoms with Crippen LogP contribution in [0.1, 0.15) is 19.4 Å². The maximum absolute atomic E-state index is 10.2. The molecule has 0 aliphatic rings. The summed E-state index contributed by atoms with van der Waals surface area (Å²) in [5, 5.41) is 5.65. The van der Waals surface area contributed by atoms with Crippen LogP contribution in [0.25, 0.3) is 0 Å². The summed E-state index contributed by atoms with van der Waals surface area (Å²) in [7, 11) is 1.83. The number of hydrogen-bond acceptors (Lipinski definition) is 2. The Morgan fingerprint density at radius 2 is 1.93 bits per heavy atom. The fraction of sp³-hybridized carbons (Fsp3) is 0.364. The maximum Gasteiger partial charge on any atom is 0.211 e. The molecule has 0 saturated carbocycles. The monoisotopic (exact) mass is 194 g/mol. The average molecular weight is 194 g/mol. The normalized spacial score (nSPS) is 8.29. The minimum absolute atomic E-state index is 0.676. The number of carbonyl (C=O) groups excluding carboxylic acids is 1. The number of benzene rings is 1. The van der Waals surface area contributed by atoms with Gasteiger partial charge in [-0.2, -0.15) is 0 Å². The van der Waals surface area contributed by atoms with Gasteiger partial charge in [-0.15, -0.1) is 0 Å². The topological polar surface area (TPSA) is 41.1 Å². The van der Waals surface area contributed by atoms with Gasteiger partial charge in [-0.05, 0) is 18.6 Å². The minimum Gasteiger partial charge on any atom is -0.386 e. The Morgan fingerprint density at radius 1 is 1.29 bits per heavy atom. The molecule has 1 rings (SSSR count). The van der Waals surface area contributed by atoms with Crippen LogP contribution >= 0.6 is 0 Å². The molecule has 1 amide bonds. The van der Waals surface area contributed by atoms with Crippen LogP contribution in [-0.2, 0) is 4.79 Å². The second-order valence-electron chi connectivity index (χ2n) is 2.51. The van der Waals surface area contributed by atoms with Crippen LogP contribution in [0.5, 0.6) is 0 Å². The highest BCUT2D eigenvalue weighted by Crippen LogP contribution is 2.23. The van der Waals surface area contributed by atoms with E-state index >= 15 is 0 Å². The lowest BCUT2D eigenvalue weighted by atomic mass is 10.1. The SMILES string of the molecule is CC.CNc1c(C)cccc1NC=O. The van der Waals surface area contributed by atoms with Gasteiger partial charge in [-0.1, -0.05) is 26.0 Å². The van der Waals surface area contributed by atoms with Gasteiger partial charge in [0.05, 0.1) is 11.4 Å². The second kappa shape index (κ2) is 6.95. The van der Waals surface area contributed by atoms with E-state index in [2.05, 4.69) is 10.6 Å². The van der Waals surface area contributed by atoms with Crippen LogP contribution in [0.15, 0.2) is 18.2 Å². The molecule has 0 atom stereocenters. The Kier molecular flexibility index (Phi) is 6.20. The third kappa shape index (κ3) is 3.09. The first-order valence-corrected chi connectivity index (χ1v) is 4.77. The van der Waals surface area contributed by atoms with Crippen LogP contribution in [0.3, 0.4) is 0 Å². The molecule has 0 unspecified atom stereocenters. The van der Waals surface area contributed by atoms with Crippen molar-refractivity contribution in [1.82, 2.24) is 0 Å². The van der Waals surface area contributed by atoms with Crippen molar-refractivity contribution in [3.63, 3.8) is 0 Å². The number of anilines is 2. The molecule has 14 heavy (non-hydrogen) atoms. The third-order valence-corrected chi connectivity index (χ3v) is 1.74. The van der Waals surface area contributed by atoms with E-state index in [1.54, 1.807) is 0 Å². The molecule has 0 aromatic heterocycles. The summed E-state index contributed by atoms with van der Waals surface area (Å²) < 4.78 is 0. The molecule has 0 saturated heterocycles. The Labute approximate surface area is 85.5 Å². The van der Waals surface area contributed by atoms with Gasteiger partial charge in [0, 0.05) is 7.05 Å². The number of amides is 1. The fourth-order valence-electron chi connectivity index (χ4n) is 1.18. The average Bonchev–Trinajstić information content (AvgIpc) is 2.22. The lowest BCUT2D eigenvalue weighted by Gasteiger charge is -2.09. The molecule has 0 heterocycles. The van der Waals surface area contributed by atoms with E-state index in [4.69, 9.17) is 0 Å². The van der Waals surface area contributed by atoms with Gasteiger partial charge in [0.2, 0.25) is 6.41 Å². The summed E-state index contributed by atoms with van der Waals surface area (Å²) in [5.41, 5.74) is 2.89. The van der Waals surface area contributed by atoms with Crippen molar-refractivity contribution in [1.29, 1.82) is 0 Å². The molecule has 1 aromatic carbocycles. The molecule has 0 bridgehead atoms. The van der Waals surface area contributed by atoms with E-state index in [1.165, 1.54) is 0 Å². The highest BCUT2D eigenvalue weighted by molar-refractivity contribution is 5.82. The molecule has 0 aliphatic carbocycles. The standard InChI is InChI=1S/C9H12N2O.C2H6/c1-7-4-3-5-8(11-6-12)9(7)10-2;1-2/h3-6,10H,1-2H3,(H,11,12);1-2H3. The van der Waals surface area contributed by atoms with E-state index in [9.17, 15) is 4.79 Å². The first-order chi connectivity index (χ1) is 6.79. The van der Waals surface area contributed by atoms with Gasteiger partial charge in [0.15, 0.2) is 0 Å². The summed E-state index contributed by atoms with van der Waals surface area (Å²) in [6.07, 6.45) is 0.676. The summed E-state index contributed by atoms with van der Waals surface area (Å²) in [5.74, 6) is 0. The predicted molar refractivity (Wildman–Crippen MR) is 61.8 cm³/mol. The van der Waals surface area contributed by atoms with Gasteiger partial charge in [-0.3, -0.25) is 4.79 Å². The van der Waals surface area contributed by atoms with Crippen LogP contribution in [0.2, 0.25) is 0 Å². The molecular weight excluding hydrogens is 176 g/mol. The number of nitrogens with one attached hydrogen (secondary N) is 2. The quantitative estimate of drug-likeness (QED) is 0.726. The Balaban J connectivity index is 0.000000791. The van der Waals surface area contributed by atoms with Gasteiger partial charge < -0.3 is 10.6 Å². The fourth-order valence-corrected chi connectivity index (χ4v) is 1.18. The summed E-state index contributed by atoms with van der Waals surface area (Å²) in [6, 6.07) is 5.75. The molecule has 3 nitrogen and oxygen atoms in total. The van der Waals surface area contributed by atoms with Crippen molar-refractivity contribution in [2.75, 3.05) is 17.7 Å². The highest BCUT2D eigenvalue weighted by atomic mass is 16.1. The number of hydrogen-bond donors (Lipinski definition) is 2. The molecule has 1 aromatic rings. The lowest BCUT2D eigenvalue weighted by Crippen LogP contribution is -2.00. The van der Waals surface area contributed by atoms with Crippen molar-refractivity contribution in [2.24, 2.45) is 0 Å². The Morgan fingerprint density at radius 3 is 2.43 bits per heavy atom. The first-order valence-electron chi connectivity index (χ1n) is 4.77. The summed E-state index contributed by atoms with van der Waals surface area (Å²) >= 11 is 0. The Hall–Kier alpha value is -1.51. The second-order valence-corrected chi connectivity index (χ2v) is 2.51. The molecule has 3 heteroatoms. The van der Waals surface area contributed by atoms with Gasteiger partial charge in [0.25, 0.3) is 0 Å². The molecule has 78 valence electrons. The van der Waals surface area contributed by atoms with Crippen LogP contribution < -0.4 is 10.6 Å². The summed E-state index contributed by atoms with van der Waals surface area (Å²) in [4.78, 5) is 10.2. The first kappa shape index (κ1) is 12.5.